The smallest absolute Gasteiger partial charge is 0.223 e. The van der Waals surface area contributed by atoms with Crippen LogP contribution in [0.15, 0.2) is 6.07 Å². The van der Waals surface area contributed by atoms with Gasteiger partial charge in [-0.05, 0) is 37.7 Å². The molecule has 2 N–H and O–H groups in total. The van der Waals surface area contributed by atoms with E-state index in [1.807, 2.05) is 13.0 Å². The quantitative estimate of drug-likeness (QED) is 0.758. The average molecular weight is 265 g/mol. The van der Waals surface area contributed by atoms with Crippen LogP contribution in [0.1, 0.15) is 57.3 Å². The zero-order chi connectivity index (χ0) is 14.3. The monoisotopic (exact) mass is 265 g/mol. The molecule has 0 saturated carbocycles. The minimum Gasteiger partial charge on any atom is -0.396 e. The fourth-order valence-corrected chi connectivity index (χ4v) is 2.14. The Kier molecular flexibility index (Phi) is 6.78. The molecule has 4 nitrogen and oxygen atoms in total. The Morgan fingerprint density at radius 1 is 1.26 bits per heavy atom. The predicted octanol–water partition coefficient (Wildman–Crippen LogP) is 3.12. The number of hydrogen-bond acceptors (Lipinski definition) is 4. The number of nitrogens with zero attached hydrogens (tertiary/aromatic N) is 2. The lowest BCUT2D eigenvalue weighted by Crippen LogP contribution is -2.17. The molecule has 1 aromatic rings. The normalized spacial score (nSPS) is 12.7. The van der Waals surface area contributed by atoms with Crippen LogP contribution in [-0.4, -0.2) is 28.2 Å². The van der Waals surface area contributed by atoms with Crippen LogP contribution in [0, 0.1) is 12.8 Å². The van der Waals surface area contributed by atoms with E-state index in [0.29, 0.717) is 17.8 Å². The van der Waals surface area contributed by atoms with E-state index in [1.54, 1.807) is 0 Å². The minimum atomic E-state index is 0.248. The number of rotatable bonds is 8. The summed E-state index contributed by atoms with van der Waals surface area (Å²) in [5.74, 6) is 1.61. The molecule has 0 fully saturated rings. The van der Waals surface area contributed by atoms with Gasteiger partial charge in [0.25, 0.3) is 0 Å². The van der Waals surface area contributed by atoms with Gasteiger partial charge in [-0.15, -0.1) is 0 Å². The maximum atomic E-state index is 9.06. The third kappa shape index (κ3) is 5.55. The summed E-state index contributed by atoms with van der Waals surface area (Å²) < 4.78 is 0. The molecular formula is C15H27N3O. The van der Waals surface area contributed by atoms with Gasteiger partial charge in [0.1, 0.15) is 0 Å². The van der Waals surface area contributed by atoms with Gasteiger partial charge in [-0.3, -0.25) is 0 Å². The molecule has 0 spiro atoms. The van der Waals surface area contributed by atoms with Crippen molar-refractivity contribution in [2.24, 2.45) is 5.92 Å². The number of aliphatic hydroxyl groups is 1. The number of aromatic nitrogens is 2. The van der Waals surface area contributed by atoms with Crippen molar-refractivity contribution < 1.29 is 5.11 Å². The van der Waals surface area contributed by atoms with Crippen LogP contribution in [0.2, 0.25) is 0 Å². The average Bonchev–Trinajstić information content (AvgIpc) is 2.36. The maximum Gasteiger partial charge on any atom is 0.223 e. The van der Waals surface area contributed by atoms with Gasteiger partial charge in [0.2, 0.25) is 5.95 Å². The molecule has 1 unspecified atom stereocenters. The van der Waals surface area contributed by atoms with Gasteiger partial charge >= 0.3 is 0 Å². The number of nitrogens with one attached hydrogen (secondary N) is 1. The van der Waals surface area contributed by atoms with Gasteiger partial charge in [-0.2, -0.15) is 0 Å². The summed E-state index contributed by atoms with van der Waals surface area (Å²) in [7, 11) is 0. The Morgan fingerprint density at radius 3 is 2.58 bits per heavy atom. The van der Waals surface area contributed by atoms with E-state index in [2.05, 4.69) is 36.1 Å². The van der Waals surface area contributed by atoms with Gasteiger partial charge in [-0.25, -0.2) is 9.97 Å². The summed E-state index contributed by atoms with van der Waals surface area (Å²) in [4.78, 5) is 8.96. The number of aliphatic hydroxyl groups excluding tert-OH is 1. The lowest BCUT2D eigenvalue weighted by atomic mass is 10.0. The molecule has 1 atom stereocenters. The molecule has 1 aromatic heterocycles. The van der Waals surface area contributed by atoms with Gasteiger partial charge in [0, 0.05) is 24.5 Å². The molecule has 0 aliphatic heterocycles. The van der Waals surface area contributed by atoms with E-state index in [-0.39, 0.29) is 6.61 Å². The van der Waals surface area contributed by atoms with Crippen molar-refractivity contribution >= 4 is 5.95 Å². The second-order valence-electron chi connectivity index (χ2n) is 5.46. The molecular weight excluding hydrogens is 238 g/mol. The van der Waals surface area contributed by atoms with Gasteiger partial charge in [-0.1, -0.05) is 27.2 Å². The van der Waals surface area contributed by atoms with Crippen molar-refractivity contribution in [3.05, 3.63) is 17.5 Å². The first kappa shape index (κ1) is 15.9. The molecule has 0 aliphatic rings. The third-order valence-corrected chi connectivity index (χ3v) is 3.25. The van der Waals surface area contributed by atoms with E-state index >= 15 is 0 Å². The molecule has 108 valence electrons. The van der Waals surface area contributed by atoms with Gasteiger partial charge < -0.3 is 10.4 Å². The number of hydrogen-bond donors (Lipinski definition) is 2. The van der Waals surface area contributed by atoms with Crippen LogP contribution in [0.5, 0.6) is 0 Å². The molecule has 0 bridgehead atoms. The fourth-order valence-electron chi connectivity index (χ4n) is 2.14. The molecule has 1 heterocycles. The molecule has 0 aromatic carbocycles. The van der Waals surface area contributed by atoms with Crippen LogP contribution in [0.4, 0.5) is 5.95 Å². The predicted molar refractivity (Wildman–Crippen MR) is 79.4 cm³/mol. The Labute approximate surface area is 116 Å². The standard InChI is InChI=1S/C15H27N3O/c1-5-6-13(7-8-19)10-16-15-17-12(4)9-14(18-15)11(2)3/h9,11,13,19H,5-8,10H2,1-4H3,(H,16,17,18). The molecule has 4 heteroatoms. The van der Waals surface area contributed by atoms with E-state index in [9.17, 15) is 0 Å². The first-order valence-electron chi connectivity index (χ1n) is 7.27. The van der Waals surface area contributed by atoms with Crippen molar-refractivity contribution in [1.29, 1.82) is 0 Å². The summed E-state index contributed by atoms with van der Waals surface area (Å²) in [5.41, 5.74) is 2.07. The molecule has 0 aliphatic carbocycles. The largest absolute Gasteiger partial charge is 0.396 e. The van der Waals surface area contributed by atoms with Crippen LogP contribution in [-0.2, 0) is 0 Å². The molecule has 0 radical (unpaired) electrons. The van der Waals surface area contributed by atoms with E-state index < -0.39 is 0 Å². The molecule has 0 saturated heterocycles. The van der Waals surface area contributed by atoms with Crippen LogP contribution in [0.25, 0.3) is 0 Å². The second-order valence-corrected chi connectivity index (χ2v) is 5.46. The fraction of sp³-hybridized carbons (Fsp3) is 0.733. The summed E-state index contributed by atoms with van der Waals surface area (Å²) in [6.45, 7) is 9.52. The highest BCUT2D eigenvalue weighted by Crippen LogP contribution is 2.16. The number of aryl methyl sites for hydroxylation is 1. The van der Waals surface area contributed by atoms with Crippen molar-refractivity contribution in [2.45, 2.75) is 52.9 Å². The van der Waals surface area contributed by atoms with Gasteiger partial charge in [0.05, 0.1) is 0 Å². The molecule has 1 rings (SSSR count). The lowest BCUT2D eigenvalue weighted by molar-refractivity contribution is 0.255. The SMILES string of the molecule is CCCC(CCO)CNc1nc(C)cc(C(C)C)n1. The summed E-state index contributed by atoms with van der Waals surface area (Å²) in [6.07, 6.45) is 3.10. The highest BCUT2D eigenvalue weighted by Gasteiger charge is 2.09. The number of anilines is 1. The minimum absolute atomic E-state index is 0.248. The zero-order valence-electron chi connectivity index (χ0n) is 12.6. The second kappa shape index (κ2) is 8.10. The highest BCUT2D eigenvalue weighted by molar-refractivity contribution is 5.29. The van der Waals surface area contributed by atoms with Crippen LogP contribution < -0.4 is 5.32 Å². The Morgan fingerprint density at radius 2 is 2.00 bits per heavy atom. The summed E-state index contributed by atoms with van der Waals surface area (Å²) >= 11 is 0. The van der Waals surface area contributed by atoms with E-state index in [0.717, 1.165) is 37.2 Å². The summed E-state index contributed by atoms with van der Waals surface area (Å²) in [6, 6.07) is 2.03. The Balaban J connectivity index is 2.65. The zero-order valence-corrected chi connectivity index (χ0v) is 12.6. The maximum absolute atomic E-state index is 9.06. The van der Waals surface area contributed by atoms with Crippen molar-refractivity contribution in [2.75, 3.05) is 18.5 Å². The molecule has 19 heavy (non-hydrogen) atoms. The highest BCUT2D eigenvalue weighted by atomic mass is 16.3. The van der Waals surface area contributed by atoms with E-state index in [1.165, 1.54) is 0 Å². The third-order valence-electron chi connectivity index (χ3n) is 3.25. The van der Waals surface area contributed by atoms with Crippen molar-refractivity contribution in [1.82, 2.24) is 9.97 Å². The Hall–Kier alpha value is -1.16. The topological polar surface area (TPSA) is 58.0 Å². The van der Waals surface area contributed by atoms with Crippen molar-refractivity contribution in [3.63, 3.8) is 0 Å². The van der Waals surface area contributed by atoms with E-state index in [4.69, 9.17) is 5.11 Å². The summed E-state index contributed by atoms with van der Waals surface area (Å²) in [5, 5.41) is 12.4. The van der Waals surface area contributed by atoms with Crippen LogP contribution in [0.3, 0.4) is 0 Å². The van der Waals surface area contributed by atoms with Gasteiger partial charge in [0.15, 0.2) is 0 Å². The molecule has 0 amide bonds. The van der Waals surface area contributed by atoms with Crippen molar-refractivity contribution in [3.8, 4) is 0 Å². The van der Waals surface area contributed by atoms with Crippen LogP contribution >= 0.6 is 0 Å². The lowest BCUT2D eigenvalue weighted by Gasteiger charge is -2.16. The first-order chi connectivity index (χ1) is 9.06. The first-order valence-corrected chi connectivity index (χ1v) is 7.27. The Bertz CT molecular complexity index is 374.